The van der Waals surface area contributed by atoms with Crippen LogP contribution in [0.4, 0.5) is 26.3 Å². The van der Waals surface area contributed by atoms with Crippen LogP contribution >= 0.6 is 11.3 Å². The van der Waals surface area contributed by atoms with E-state index in [0.29, 0.717) is 10.4 Å². The normalized spacial score (nSPS) is 17.5. The van der Waals surface area contributed by atoms with Crippen molar-refractivity contribution in [1.82, 2.24) is 4.98 Å². The minimum absolute atomic E-state index is 0.0917. The van der Waals surface area contributed by atoms with E-state index in [1.807, 2.05) is 0 Å². The van der Waals surface area contributed by atoms with Crippen LogP contribution in [-0.4, -0.2) is 22.8 Å². The quantitative estimate of drug-likeness (QED) is 0.279. The van der Waals surface area contributed by atoms with E-state index in [1.54, 1.807) is 30.3 Å². The zero-order valence-electron chi connectivity index (χ0n) is 17.8. The summed E-state index contributed by atoms with van der Waals surface area (Å²) in [4.78, 5) is 4.19. The average molecular weight is 501 g/mol. The van der Waals surface area contributed by atoms with Gasteiger partial charge in [-0.1, -0.05) is 30.3 Å². The highest BCUT2D eigenvalue weighted by Crippen LogP contribution is 2.65. The fourth-order valence-electron chi connectivity index (χ4n) is 3.95. The average Bonchev–Trinajstić information content (AvgIpc) is 3.26. The van der Waals surface area contributed by atoms with E-state index >= 15 is 17.6 Å². The SMILES string of the molecule is Cc1sc(-c2ccccc2)cc1C1=C(C(=C(C#N)C#N)c2ccncc2)C(F)(F)C(F)(F)C1(F)F. The van der Waals surface area contributed by atoms with Crippen LogP contribution < -0.4 is 0 Å². The number of thiophene rings is 1. The molecule has 10 heteroatoms. The molecule has 35 heavy (non-hydrogen) atoms. The predicted octanol–water partition coefficient (Wildman–Crippen LogP) is 7.29. The molecule has 4 rings (SSSR count). The summed E-state index contributed by atoms with van der Waals surface area (Å²) in [6.07, 6.45) is 2.21. The molecule has 2 aromatic heterocycles. The lowest BCUT2D eigenvalue weighted by Gasteiger charge is -2.26. The minimum Gasteiger partial charge on any atom is -0.265 e. The van der Waals surface area contributed by atoms with Gasteiger partial charge in [-0.15, -0.1) is 11.3 Å². The van der Waals surface area contributed by atoms with E-state index in [4.69, 9.17) is 0 Å². The third-order valence-corrected chi connectivity index (χ3v) is 6.70. The van der Waals surface area contributed by atoms with E-state index < -0.39 is 45.6 Å². The number of nitrogens with zero attached hydrogens (tertiary/aromatic N) is 3. The number of hydrogen-bond donors (Lipinski definition) is 0. The van der Waals surface area contributed by atoms with Crippen molar-refractivity contribution in [3.05, 3.63) is 88.1 Å². The van der Waals surface area contributed by atoms with E-state index in [0.717, 1.165) is 41.9 Å². The maximum atomic E-state index is 15.3. The maximum absolute atomic E-state index is 15.3. The number of allylic oxidation sites excluding steroid dienone is 4. The molecule has 0 bridgehead atoms. The highest BCUT2D eigenvalue weighted by Gasteiger charge is 2.80. The van der Waals surface area contributed by atoms with Gasteiger partial charge in [-0.3, -0.25) is 4.98 Å². The molecule has 1 aromatic carbocycles. The molecule has 0 radical (unpaired) electrons. The summed E-state index contributed by atoms with van der Waals surface area (Å²) in [7, 11) is 0. The Hall–Kier alpha value is -3.89. The van der Waals surface area contributed by atoms with Gasteiger partial charge in [-0.2, -0.15) is 36.9 Å². The van der Waals surface area contributed by atoms with Gasteiger partial charge in [0.2, 0.25) is 0 Å². The highest BCUT2D eigenvalue weighted by atomic mass is 32.1. The Bertz CT molecular complexity index is 1430. The molecule has 0 saturated heterocycles. The first kappa shape index (κ1) is 24.2. The lowest BCUT2D eigenvalue weighted by molar-refractivity contribution is -0.258. The zero-order chi connectivity index (χ0) is 25.6. The lowest BCUT2D eigenvalue weighted by atomic mass is 9.88. The lowest BCUT2D eigenvalue weighted by Crippen LogP contribution is -2.49. The van der Waals surface area contributed by atoms with Gasteiger partial charge in [-0.05, 0) is 41.8 Å². The maximum Gasteiger partial charge on any atom is 0.380 e. The Morgan fingerprint density at radius 1 is 0.886 bits per heavy atom. The summed E-state index contributed by atoms with van der Waals surface area (Å²) in [5.74, 6) is -16.5. The van der Waals surface area contributed by atoms with E-state index in [9.17, 15) is 19.3 Å². The van der Waals surface area contributed by atoms with Crippen LogP contribution in [0.3, 0.4) is 0 Å². The summed E-state index contributed by atoms with van der Waals surface area (Å²) in [5.41, 5.74) is -5.58. The molecular formula is C25H13F6N3S. The summed E-state index contributed by atoms with van der Waals surface area (Å²) in [6.45, 7) is 1.35. The van der Waals surface area contributed by atoms with Crippen LogP contribution in [0.15, 0.2) is 72.1 Å². The Morgan fingerprint density at radius 2 is 1.49 bits per heavy atom. The number of aryl methyl sites for hydroxylation is 1. The minimum atomic E-state index is -5.82. The molecule has 1 aliphatic rings. The first-order chi connectivity index (χ1) is 16.5. The fourth-order valence-corrected chi connectivity index (χ4v) is 4.99. The van der Waals surface area contributed by atoms with Crippen molar-refractivity contribution in [3.8, 4) is 22.6 Å². The number of nitriles is 2. The van der Waals surface area contributed by atoms with Crippen molar-refractivity contribution in [1.29, 1.82) is 10.5 Å². The Morgan fingerprint density at radius 3 is 2.06 bits per heavy atom. The molecule has 1 aliphatic carbocycles. The molecule has 2 heterocycles. The Labute approximate surface area is 199 Å². The van der Waals surface area contributed by atoms with Crippen molar-refractivity contribution in [2.75, 3.05) is 0 Å². The van der Waals surface area contributed by atoms with Gasteiger partial charge >= 0.3 is 17.8 Å². The summed E-state index contributed by atoms with van der Waals surface area (Å²) < 4.78 is 90.6. The second-order valence-corrected chi connectivity index (χ2v) is 8.89. The Kier molecular flexibility index (Phi) is 5.82. The first-order valence-corrected chi connectivity index (χ1v) is 10.8. The number of hydrogen-bond acceptors (Lipinski definition) is 4. The Balaban J connectivity index is 2.15. The third kappa shape index (κ3) is 3.53. The summed E-state index contributed by atoms with van der Waals surface area (Å²) in [6, 6.07) is 14.5. The van der Waals surface area contributed by atoms with Crippen LogP contribution in [0.25, 0.3) is 21.6 Å². The second kappa shape index (κ2) is 8.40. The highest BCUT2D eigenvalue weighted by molar-refractivity contribution is 7.15. The molecule has 0 saturated carbocycles. The molecule has 0 amide bonds. The number of halogens is 6. The van der Waals surface area contributed by atoms with Crippen LogP contribution in [-0.2, 0) is 0 Å². The summed E-state index contributed by atoms with van der Waals surface area (Å²) in [5, 5.41) is 18.9. The van der Waals surface area contributed by atoms with Crippen molar-refractivity contribution in [3.63, 3.8) is 0 Å². The zero-order valence-corrected chi connectivity index (χ0v) is 18.6. The van der Waals surface area contributed by atoms with Gasteiger partial charge in [0.05, 0.1) is 0 Å². The van der Waals surface area contributed by atoms with Crippen LogP contribution in [0.5, 0.6) is 0 Å². The van der Waals surface area contributed by atoms with Gasteiger partial charge in [0.25, 0.3) is 0 Å². The molecule has 0 spiro atoms. The molecule has 0 atom stereocenters. The third-order valence-electron chi connectivity index (χ3n) is 5.60. The molecule has 0 unspecified atom stereocenters. The molecule has 3 nitrogen and oxygen atoms in total. The van der Waals surface area contributed by atoms with Gasteiger partial charge in [-0.25, -0.2) is 0 Å². The number of aromatic nitrogens is 1. The topological polar surface area (TPSA) is 60.5 Å². The van der Waals surface area contributed by atoms with Gasteiger partial charge in [0.15, 0.2) is 0 Å². The standard InChI is InChI=1S/C25H13F6N3S/c1-14-18(11-19(35-14)15-5-3-2-4-6-15)21-22(24(28,29)25(30,31)23(21,26)27)20(17(12-32)13-33)16-7-9-34-10-8-16/h2-11H,1H3. The molecule has 0 N–H and O–H groups in total. The monoisotopic (exact) mass is 501 g/mol. The van der Waals surface area contributed by atoms with E-state index in [-0.39, 0.29) is 10.4 Å². The van der Waals surface area contributed by atoms with Crippen LogP contribution in [0.1, 0.15) is 16.0 Å². The number of benzene rings is 1. The number of alkyl halides is 6. The number of rotatable bonds is 4. The largest absolute Gasteiger partial charge is 0.380 e. The fraction of sp³-hybridized carbons (Fsp3) is 0.160. The van der Waals surface area contributed by atoms with Gasteiger partial charge in [0.1, 0.15) is 17.7 Å². The first-order valence-electron chi connectivity index (χ1n) is 9.99. The number of pyridine rings is 1. The molecule has 0 aliphatic heterocycles. The van der Waals surface area contributed by atoms with Crippen molar-refractivity contribution in [2.45, 2.75) is 24.7 Å². The second-order valence-electron chi connectivity index (χ2n) is 7.63. The molecular weight excluding hydrogens is 488 g/mol. The van der Waals surface area contributed by atoms with E-state index in [1.165, 1.54) is 19.1 Å². The van der Waals surface area contributed by atoms with Crippen LogP contribution in [0.2, 0.25) is 0 Å². The van der Waals surface area contributed by atoms with E-state index in [2.05, 4.69) is 4.98 Å². The van der Waals surface area contributed by atoms with Crippen LogP contribution in [0, 0.1) is 29.6 Å². The molecule has 0 fully saturated rings. The van der Waals surface area contributed by atoms with Crippen molar-refractivity contribution >= 4 is 22.5 Å². The summed E-state index contributed by atoms with van der Waals surface area (Å²) >= 11 is 0.971. The van der Waals surface area contributed by atoms with Crippen molar-refractivity contribution in [2.24, 2.45) is 0 Å². The van der Waals surface area contributed by atoms with Gasteiger partial charge < -0.3 is 0 Å². The molecule has 3 aromatic rings. The van der Waals surface area contributed by atoms with Crippen molar-refractivity contribution < 1.29 is 26.3 Å². The smallest absolute Gasteiger partial charge is 0.265 e. The molecule has 176 valence electrons. The predicted molar refractivity (Wildman–Crippen MR) is 119 cm³/mol. The van der Waals surface area contributed by atoms with Gasteiger partial charge in [0, 0.05) is 38.9 Å².